The van der Waals surface area contributed by atoms with Gasteiger partial charge >= 0.3 is 0 Å². The topological polar surface area (TPSA) is 63.4 Å². The second-order valence-electron chi connectivity index (χ2n) is 4.56. The number of carbonyl (C=O) groups excluding carboxylic acids is 2. The highest BCUT2D eigenvalue weighted by molar-refractivity contribution is 6.05. The zero-order chi connectivity index (χ0) is 10.8. The van der Waals surface area contributed by atoms with Crippen molar-refractivity contribution in [1.82, 2.24) is 4.90 Å². The van der Waals surface area contributed by atoms with Crippen LogP contribution in [0.3, 0.4) is 0 Å². The van der Waals surface area contributed by atoms with Crippen molar-refractivity contribution in [3.05, 3.63) is 0 Å². The predicted molar refractivity (Wildman–Crippen MR) is 55.9 cm³/mol. The summed E-state index contributed by atoms with van der Waals surface area (Å²) in [5.41, 5.74) is 5.59. The van der Waals surface area contributed by atoms with Crippen molar-refractivity contribution in [2.75, 3.05) is 0 Å². The van der Waals surface area contributed by atoms with Gasteiger partial charge in [-0.2, -0.15) is 0 Å². The molecule has 2 aliphatic rings. The Morgan fingerprint density at radius 1 is 1.07 bits per heavy atom. The first kappa shape index (κ1) is 10.6. The number of nitrogens with zero attached hydrogens (tertiary/aromatic N) is 1. The van der Waals surface area contributed by atoms with Gasteiger partial charge in [0.2, 0.25) is 11.8 Å². The molecule has 4 heteroatoms. The number of imide groups is 1. The monoisotopic (exact) mass is 210 g/mol. The molecule has 0 bridgehead atoms. The molecule has 2 fully saturated rings. The van der Waals surface area contributed by atoms with Crippen LogP contribution in [0.5, 0.6) is 0 Å². The molecular formula is C11H18N2O2. The van der Waals surface area contributed by atoms with Crippen LogP contribution >= 0.6 is 0 Å². The molecule has 1 heterocycles. The summed E-state index contributed by atoms with van der Waals surface area (Å²) >= 11 is 0. The third-order valence-electron chi connectivity index (χ3n) is 3.41. The summed E-state index contributed by atoms with van der Waals surface area (Å²) in [7, 11) is 0. The van der Waals surface area contributed by atoms with Gasteiger partial charge in [0.05, 0.1) is 12.5 Å². The predicted octanol–water partition coefficient (Wildman–Crippen LogP) is 0.795. The highest BCUT2D eigenvalue weighted by Crippen LogP contribution is 2.25. The molecule has 84 valence electrons. The Morgan fingerprint density at radius 3 is 2.13 bits per heavy atom. The van der Waals surface area contributed by atoms with Crippen molar-refractivity contribution in [2.24, 2.45) is 5.73 Å². The van der Waals surface area contributed by atoms with Crippen LogP contribution in [0.4, 0.5) is 0 Å². The summed E-state index contributed by atoms with van der Waals surface area (Å²) in [6.45, 7) is 0. The van der Waals surface area contributed by atoms with Gasteiger partial charge in [-0.3, -0.25) is 14.5 Å². The maximum Gasteiger partial charge on any atom is 0.246 e. The maximum atomic E-state index is 11.7. The van der Waals surface area contributed by atoms with Crippen LogP contribution in [0.15, 0.2) is 0 Å². The molecule has 0 aromatic rings. The number of rotatable bonds is 1. The first-order chi connectivity index (χ1) is 7.20. The fourth-order valence-electron chi connectivity index (χ4n) is 2.57. The number of amides is 2. The molecule has 15 heavy (non-hydrogen) atoms. The van der Waals surface area contributed by atoms with Gasteiger partial charge in [-0.05, 0) is 12.8 Å². The quantitative estimate of drug-likeness (QED) is 0.514. The molecule has 2 rings (SSSR count). The molecule has 1 atom stereocenters. The van der Waals surface area contributed by atoms with Crippen LogP contribution in [0, 0.1) is 0 Å². The molecule has 4 nitrogen and oxygen atoms in total. The Hall–Kier alpha value is -0.900. The van der Waals surface area contributed by atoms with E-state index >= 15 is 0 Å². The first-order valence-corrected chi connectivity index (χ1v) is 5.81. The van der Waals surface area contributed by atoms with Gasteiger partial charge in [-0.25, -0.2) is 0 Å². The van der Waals surface area contributed by atoms with Crippen molar-refractivity contribution < 1.29 is 9.59 Å². The third-order valence-corrected chi connectivity index (χ3v) is 3.41. The van der Waals surface area contributed by atoms with Crippen LogP contribution in [-0.4, -0.2) is 28.8 Å². The van der Waals surface area contributed by atoms with Gasteiger partial charge in [0.15, 0.2) is 0 Å². The van der Waals surface area contributed by atoms with Gasteiger partial charge in [0.25, 0.3) is 0 Å². The highest BCUT2D eigenvalue weighted by atomic mass is 16.2. The lowest BCUT2D eigenvalue weighted by Gasteiger charge is -2.24. The van der Waals surface area contributed by atoms with E-state index < -0.39 is 6.04 Å². The van der Waals surface area contributed by atoms with E-state index in [0.29, 0.717) is 0 Å². The van der Waals surface area contributed by atoms with Gasteiger partial charge in [0, 0.05) is 6.04 Å². The van der Waals surface area contributed by atoms with Crippen molar-refractivity contribution in [3.63, 3.8) is 0 Å². The maximum absolute atomic E-state index is 11.7. The van der Waals surface area contributed by atoms with E-state index in [2.05, 4.69) is 0 Å². The van der Waals surface area contributed by atoms with E-state index in [1.165, 1.54) is 17.7 Å². The Bertz CT molecular complexity index is 270. The summed E-state index contributed by atoms with van der Waals surface area (Å²) in [6, 6.07) is -0.457. The second kappa shape index (κ2) is 4.31. The van der Waals surface area contributed by atoms with E-state index in [1.807, 2.05) is 0 Å². The SMILES string of the molecule is NC1CC(=O)N(C2CCCCCC2)C1=O. The molecule has 1 aliphatic carbocycles. The van der Waals surface area contributed by atoms with Gasteiger partial charge in [-0.15, -0.1) is 0 Å². The normalized spacial score (nSPS) is 29.7. The summed E-state index contributed by atoms with van der Waals surface area (Å²) in [6.07, 6.45) is 6.81. The van der Waals surface area contributed by atoms with E-state index in [1.54, 1.807) is 0 Å². The number of likely N-dealkylation sites (tertiary alicyclic amines) is 1. The average Bonchev–Trinajstić information content (AvgIpc) is 2.46. The van der Waals surface area contributed by atoms with Crippen molar-refractivity contribution in [3.8, 4) is 0 Å². The van der Waals surface area contributed by atoms with Crippen LogP contribution < -0.4 is 5.73 Å². The smallest absolute Gasteiger partial charge is 0.246 e. The van der Waals surface area contributed by atoms with Crippen molar-refractivity contribution in [1.29, 1.82) is 0 Å². The minimum atomic E-state index is -0.583. The molecule has 1 saturated heterocycles. The van der Waals surface area contributed by atoms with Crippen molar-refractivity contribution >= 4 is 11.8 Å². The van der Waals surface area contributed by atoms with E-state index in [0.717, 1.165) is 25.7 Å². The molecule has 0 spiro atoms. The minimum Gasteiger partial charge on any atom is -0.319 e. The van der Waals surface area contributed by atoms with Crippen LogP contribution in [0.25, 0.3) is 0 Å². The number of nitrogens with two attached hydrogens (primary N) is 1. The molecule has 0 aromatic heterocycles. The largest absolute Gasteiger partial charge is 0.319 e. The Labute approximate surface area is 89.8 Å². The fourth-order valence-corrected chi connectivity index (χ4v) is 2.57. The van der Waals surface area contributed by atoms with Gasteiger partial charge in [-0.1, -0.05) is 25.7 Å². The molecule has 1 unspecified atom stereocenters. The van der Waals surface area contributed by atoms with Gasteiger partial charge in [0.1, 0.15) is 0 Å². The Balaban J connectivity index is 2.07. The molecule has 2 N–H and O–H groups in total. The summed E-state index contributed by atoms with van der Waals surface area (Å²) in [4.78, 5) is 24.8. The Kier molecular flexibility index (Phi) is 3.05. The standard InChI is InChI=1S/C11H18N2O2/c12-9-7-10(14)13(11(9)15)8-5-3-1-2-4-6-8/h8-9H,1-7,12H2. The third kappa shape index (κ3) is 2.04. The fraction of sp³-hybridized carbons (Fsp3) is 0.818. The zero-order valence-electron chi connectivity index (χ0n) is 8.95. The molecule has 0 radical (unpaired) electrons. The van der Waals surface area contributed by atoms with Crippen LogP contribution in [0.1, 0.15) is 44.9 Å². The number of carbonyl (C=O) groups is 2. The van der Waals surface area contributed by atoms with Crippen LogP contribution in [0.2, 0.25) is 0 Å². The second-order valence-corrected chi connectivity index (χ2v) is 4.56. The lowest BCUT2D eigenvalue weighted by Crippen LogP contribution is -2.42. The van der Waals surface area contributed by atoms with Gasteiger partial charge < -0.3 is 5.73 Å². The minimum absolute atomic E-state index is 0.0700. The molecular weight excluding hydrogens is 192 g/mol. The average molecular weight is 210 g/mol. The highest BCUT2D eigenvalue weighted by Gasteiger charge is 2.40. The zero-order valence-corrected chi connectivity index (χ0v) is 8.95. The summed E-state index contributed by atoms with van der Waals surface area (Å²) in [5, 5.41) is 0. The number of hydrogen-bond acceptors (Lipinski definition) is 3. The van der Waals surface area contributed by atoms with Crippen LogP contribution in [-0.2, 0) is 9.59 Å². The summed E-state index contributed by atoms with van der Waals surface area (Å²) < 4.78 is 0. The summed E-state index contributed by atoms with van der Waals surface area (Å²) in [5.74, 6) is -0.230. The van der Waals surface area contributed by atoms with E-state index in [9.17, 15) is 9.59 Å². The molecule has 1 aliphatic heterocycles. The Morgan fingerprint density at radius 2 is 1.67 bits per heavy atom. The van der Waals surface area contributed by atoms with E-state index in [-0.39, 0.29) is 24.3 Å². The van der Waals surface area contributed by atoms with Crippen molar-refractivity contribution in [2.45, 2.75) is 57.0 Å². The lowest BCUT2D eigenvalue weighted by atomic mass is 10.1. The molecule has 2 amide bonds. The molecule has 0 aromatic carbocycles. The molecule has 1 saturated carbocycles. The lowest BCUT2D eigenvalue weighted by molar-refractivity contribution is -0.141. The number of hydrogen-bond donors (Lipinski definition) is 1. The first-order valence-electron chi connectivity index (χ1n) is 5.81. The van der Waals surface area contributed by atoms with E-state index in [4.69, 9.17) is 5.73 Å².